The van der Waals surface area contributed by atoms with Crippen LogP contribution in [0.4, 0.5) is 5.69 Å². The van der Waals surface area contributed by atoms with Gasteiger partial charge in [-0.15, -0.1) is 11.3 Å². The number of ether oxygens (including phenoxy) is 1. The number of fused-ring (bicyclic) bond motifs is 1. The molecule has 0 atom stereocenters. The number of aromatic nitrogens is 2. The Morgan fingerprint density at radius 3 is 2.87 bits per heavy atom. The Kier molecular flexibility index (Phi) is 4.25. The van der Waals surface area contributed by atoms with E-state index in [-0.39, 0.29) is 5.91 Å². The predicted octanol–water partition coefficient (Wildman–Crippen LogP) is 3.96. The number of benzene rings is 1. The molecule has 0 aliphatic rings. The second kappa shape index (κ2) is 6.34. The van der Waals surface area contributed by atoms with Gasteiger partial charge in [-0.05, 0) is 44.0 Å². The second-order valence-corrected chi connectivity index (χ2v) is 6.17. The molecule has 3 aromatic rings. The highest BCUT2D eigenvalue weighted by Gasteiger charge is 2.20. The molecule has 0 unspecified atom stereocenters. The predicted molar refractivity (Wildman–Crippen MR) is 92.5 cm³/mol. The van der Waals surface area contributed by atoms with E-state index in [1.165, 1.54) is 17.7 Å². The van der Waals surface area contributed by atoms with Gasteiger partial charge in [-0.1, -0.05) is 12.1 Å². The first-order valence-electron chi connectivity index (χ1n) is 7.35. The van der Waals surface area contributed by atoms with Gasteiger partial charge in [0.2, 0.25) is 5.88 Å². The Morgan fingerprint density at radius 1 is 1.30 bits per heavy atom. The summed E-state index contributed by atoms with van der Waals surface area (Å²) < 4.78 is 5.55. The number of rotatable bonds is 4. The Morgan fingerprint density at radius 2 is 2.13 bits per heavy atom. The third kappa shape index (κ3) is 3.03. The van der Waals surface area contributed by atoms with Crippen molar-refractivity contribution >= 4 is 33.1 Å². The summed E-state index contributed by atoms with van der Waals surface area (Å²) in [5.41, 5.74) is 2.72. The van der Waals surface area contributed by atoms with Crippen LogP contribution in [0.3, 0.4) is 0 Å². The molecule has 0 radical (unpaired) electrons. The monoisotopic (exact) mass is 327 g/mol. The molecular formula is C17H17N3O2S. The number of amides is 1. The van der Waals surface area contributed by atoms with Crippen molar-refractivity contribution in [2.75, 3.05) is 11.9 Å². The van der Waals surface area contributed by atoms with Crippen LogP contribution >= 0.6 is 11.3 Å². The third-order valence-electron chi connectivity index (χ3n) is 3.46. The molecule has 0 saturated carbocycles. The van der Waals surface area contributed by atoms with Crippen molar-refractivity contribution in [3.63, 3.8) is 0 Å². The molecule has 3 rings (SSSR count). The van der Waals surface area contributed by atoms with E-state index in [1.54, 1.807) is 0 Å². The van der Waals surface area contributed by atoms with Gasteiger partial charge in [0.05, 0.1) is 16.9 Å². The average molecular weight is 327 g/mol. The van der Waals surface area contributed by atoms with Crippen LogP contribution in [0, 0.1) is 13.8 Å². The maximum atomic E-state index is 12.6. The smallest absolute Gasteiger partial charge is 0.266 e. The number of carbonyl (C=O) groups is 1. The first kappa shape index (κ1) is 15.4. The fourth-order valence-corrected chi connectivity index (χ4v) is 3.45. The number of nitrogens with one attached hydrogen (secondary N) is 1. The van der Waals surface area contributed by atoms with Crippen molar-refractivity contribution in [3.8, 4) is 5.88 Å². The average Bonchev–Trinajstić information content (AvgIpc) is 2.86. The number of carbonyl (C=O) groups excluding carboxylic acids is 1. The summed E-state index contributed by atoms with van der Waals surface area (Å²) in [6.07, 6.45) is 1.46. The van der Waals surface area contributed by atoms with Crippen molar-refractivity contribution in [2.24, 2.45) is 0 Å². The zero-order chi connectivity index (χ0) is 16.4. The molecule has 0 saturated heterocycles. The SMILES string of the molecule is CCOc1ncnc2sc(C(=O)Nc3cccc(C)c3)c(C)c12. The molecular weight excluding hydrogens is 310 g/mol. The number of aryl methyl sites for hydroxylation is 2. The highest BCUT2D eigenvalue weighted by atomic mass is 32.1. The fourth-order valence-electron chi connectivity index (χ4n) is 2.41. The van der Waals surface area contributed by atoms with Gasteiger partial charge in [0.25, 0.3) is 5.91 Å². The summed E-state index contributed by atoms with van der Waals surface area (Å²) in [6, 6.07) is 7.72. The van der Waals surface area contributed by atoms with Gasteiger partial charge < -0.3 is 10.1 Å². The number of thiophene rings is 1. The van der Waals surface area contributed by atoms with E-state index in [0.717, 1.165) is 27.0 Å². The largest absolute Gasteiger partial charge is 0.477 e. The number of hydrogen-bond donors (Lipinski definition) is 1. The van der Waals surface area contributed by atoms with Crippen LogP contribution in [0.1, 0.15) is 27.7 Å². The molecule has 0 bridgehead atoms. The summed E-state index contributed by atoms with van der Waals surface area (Å²) >= 11 is 1.35. The van der Waals surface area contributed by atoms with E-state index < -0.39 is 0 Å². The lowest BCUT2D eigenvalue weighted by Gasteiger charge is -2.06. The lowest BCUT2D eigenvalue weighted by atomic mass is 10.2. The van der Waals surface area contributed by atoms with Crippen LogP contribution < -0.4 is 10.1 Å². The molecule has 1 amide bonds. The summed E-state index contributed by atoms with van der Waals surface area (Å²) in [4.78, 5) is 22.4. The molecule has 1 aromatic carbocycles. The molecule has 0 spiro atoms. The van der Waals surface area contributed by atoms with Gasteiger partial charge >= 0.3 is 0 Å². The van der Waals surface area contributed by atoms with E-state index >= 15 is 0 Å². The molecule has 118 valence electrons. The minimum atomic E-state index is -0.140. The topological polar surface area (TPSA) is 64.1 Å². The van der Waals surface area contributed by atoms with Gasteiger partial charge in [0, 0.05) is 5.69 Å². The maximum absolute atomic E-state index is 12.6. The van der Waals surface area contributed by atoms with Gasteiger partial charge in [-0.25, -0.2) is 9.97 Å². The first-order chi connectivity index (χ1) is 11.1. The van der Waals surface area contributed by atoms with Crippen molar-refractivity contribution in [1.82, 2.24) is 9.97 Å². The Labute approximate surface area is 138 Å². The van der Waals surface area contributed by atoms with Crippen LogP contribution in [0.5, 0.6) is 5.88 Å². The van der Waals surface area contributed by atoms with Crippen LogP contribution in [0.15, 0.2) is 30.6 Å². The summed E-state index contributed by atoms with van der Waals surface area (Å²) in [6.45, 7) is 6.31. The van der Waals surface area contributed by atoms with E-state index in [1.807, 2.05) is 45.0 Å². The lowest BCUT2D eigenvalue weighted by Crippen LogP contribution is -2.11. The van der Waals surface area contributed by atoms with E-state index in [4.69, 9.17) is 4.74 Å². The zero-order valence-corrected chi connectivity index (χ0v) is 14.0. The van der Waals surface area contributed by atoms with E-state index in [2.05, 4.69) is 15.3 Å². The normalized spacial score (nSPS) is 10.7. The quantitative estimate of drug-likeness (QED) is 0.788. The summed E-state index contributed by atoms with van der Waals surface area (Å²) in [7, 11) is 0. The number of nitrogens with zero attached hydrogens (tertiary/aromatic N) is 2. The van der Waals surface area contributed by atoms with Crippen LogP contribution in [-0.4, -0.2) is 22.5 Å². The Bertz CT molecular complexity index is 873. The van der Waals surface area contributed by atoms with Crippen molar-refractivity contribution < 1.29 is 9.53 Å². The van der Waals surface area contributed by atoms with Crippen LogP contribution in [0.25, 0.3) is 10.2 Å². The minimum absolute atomic E-state index is 0.140. The van der Waals surface area contributed by atoms with Crippen molar-refractivity contribution in [2.45, 2.75) is 20.8 Å². The van der Waals surface area contributed by atoms with Gasteiger partial charge in [0.15, 0.2) is 0 Å². The van der Waals surface area contributed by atoms with Crippen LogP contribution in [-0.2, 0) is 0 Å². The zero-order valence-electron chi connectivity index (χ0n) is 13.2. The molecule has 0 fully saturated rings. The van der Waals surface area contributed by atoms with E-state index in [0.29, 0.717) is 17.4 Å². The third-order valence-corrected chi connectivity index (χ3v) is 4.65. The van der Waals surface area contributed by atoms with Crippen molar-refractivity contribution in [3.05, 3.63) is 46.6 Å². The maximum Gasteiger partial charge on any atom is 0.266 e. The molecule has 0 aliphatic carbocycles. The fraction of sp³-hybridized carbons (Fsp3) is 0.235. The Hall–Kier alpha value is -2.47. The number of anilines is 1. The standard InChI is InChI=1S/C17H17N3O2S/c1-4-22-16-13-11(3)14(23-17(13)19-9-18-16)15(21)20-12-7-5-6-10(2)8-12/h5-9H,4H2,1-3H3,(H,20,21). The highest BCUT2D eigenvalue weighted by molar-refractivity contribution is 7.20. The Balaban J connectivity index is 1.98. The summed E-state index contributed by atoms with van der Waals surface area (Å²) in [5, 5.41) is 3.75. The molecule has 6 heteroatoms. The first-order valence-corrected chi connectivity index (χ1v) is 8.16. The minimum Gasteiger partial charge on any atom is -0.477 e. The summed E-state index contributed by atoms with van der Waals surface area (Å²) in [5.74, 6) is 0.388. The van der Waals surface area contributed by atoms with Crippen molar-refractivity contribution in [1.29, 1.82) is 0 Å². The highest BCUT2D eigenvalue weighted by Crippen LogP contribution is 2.34. The molecule has 23 heavy (non-hydrogen) atoms. The van der Waals surface area contributed by atoms with Gasteiger partial charge in [-0.3, -0.25) is 4.79 Å². The second-order valence-electron chi connectivity index (χ2n) is 5.17. The van der Waals surface area contributed by atoms with Gasteiger partial charge in [0.1, 0.15) is 11.2 Å². The number of hydrogen-bond acceptors (Lipinski definition) is 5. The van der Waals surface area contributed by atoms with E-state index in [9.17, 15) is 4.79 Å². The molecule has 1 N–H and O–H groups in total. The molecule has 0 aliphatic heterocycles. The lowest BCUT2D eigenvalue weighted by molar-refractivity contribution is 0.103. The molecule has 2 heterocycles. The molecule has 2 aromatic heterocycles. The molecule has 5 nitrogen and oxygen atoms in total. The van der Waals surface area contributed by atoms with Crippen LogP contribution in [0.2, 0.25) is 0 Å². The van der Waals surface area contributed by atoms with Gasteiger partial charge in [-0.2, -0.15) is 0 Å².